The van der Waals surface area contributed by atoms with E-state index in [0.29, 0.717) is 6.54 Å². The maximum atomic E-state index is 12.8. The Labute approximate surface area is 165 Å². The summed E-state index contributed by atoms with van der Waals surface area (Å²) >= 11 is 5.91. The number of hydrogen-bond donors (Lipinski definition) is 1. The highest BCUT2D eigenvalue weighted by atomic mass is 35.5. The van der Waals surface area contributed by atoms with Gasteiger partial charge < -0.3 is 15.0 Å². The van der Waals surface area contributed by atoms with Gasteiger partial charge in [-0.15, -0.1) is 0 Å². The second-order valence-electron chi connectivity index (χ2n) is 6.41. The molecule has 0 aliphatic carbocycles. The number of benzene rings is 1. The average Bonchev–Trinajstić information content (AvgIpc) is 3.16. The van der Waals surface area contributed by atoms with Crippen LogP contribution >= 0.6 is 11.6 Å². The number of likely N-dealkylation sites (tertiary alicyclic amines) is 1. The number of alkyl halides is 3. The molecule has 1 aliphatic rings. The van der Waals surface area contributed by atoms with E-state index in [1.54, 1.807) is 6.07 Å². The molecule has 1 aromatic heterocycles. The summed E-state index contributed by atoms with van der Waals surface area (Å²) in [7, 11) is 0. The highest BCUT2D eigenvalue weighted by molar-refractivity contribution is 6.32. The van der Waals surface area contributed by atoms with Gasteiger partial charge in [-0.3, -0.25) is 4.79 Å². The van der Waals surface area contributed by atoms with Crippen LogP contribution in [0.3, 0.4) is 0 Å². The quantitative estimate of drug-likeness (QED) is 0.764. The zero-order valence-electron chi connectivity index (χ0n) is 14.9. The number of pyridine rings is 1. The fraction of sp³-hybridized carbons (Fsp3) is 0.368. The van der Waals surface area contributed by atoms with E-state index in [4.69, 9.17) is 16.3 Å². The van der Waals surface area contributed by atoms with Gasteiger partial charge in [0.1, 0.15) is 11.3 Å². The highest BCUT2D eigenvalue weighted by Crippen LogP contribution is 2.36. The Morgan fingerprint density at radius 3 is 2.68 bits per heavy atom. The number of carbonyl (C=O) groups excluding carboxylic acids is 1. The van der Waals surface area contributed by atoms with E-state index in [9.17, 15) is 18.0 Å². The second kappa shape index (κ2) is 8.79. The molecule has 1 amide bonds. The first-order valence-corrected chi connectivity index (χ1v) is 9.22. The minimum absolute atomic E-state index is 0.0144. The van der Waals surface area contributed by atoms with Gasteiger partial charge in [0.05, 0.1) is 10.6 Å². The normalized spacial score (nSPS) is 14.9. The van der Waals surface area contributed by atoms with E-state index in [-0.39, 0.29) is 28.1 Å². The third-order valence-corrected chi connectivity index (χ3v) is 4.69. The molecule has 1 aromatic carbocycles. The molecule has 0 unspecified atom stereocenters. The SMILES string of the molecule is O=C(NCCN1CCCC1)c1cccnc1Oc1ccc(C(F)(F)F)cc1Cl. The predicted molar refractivity (Wildman–Crippen MR) is 98.8 cm³/mol. The van der Waals surface area contributed by atoms with E-state index < -0.39 is 11.7 Å². The van der Waals surface area contributed by atoms with Crippen molar-refractivity contribution in [3.63, 3.8) is 0 Å². The Bertz CT molecular complexity index is 839. The number of ether oxygens (including phenoxy) is 1. The van der Waals surface area contributed by atoms with Crippen LogP contribution in [0.2, 0.25) is 5.02 Å². The standard InChI is InChI=1S/C19H19ClF3N3O2/c20-15-12-13(19(21,22)23)5-6-16(15)28-18-14(4-3-7-25-18)17(27)24-8-11-26-9-1-2-10-26/h3-7,12H,1-2,8-11H2,(H,24,27). The molecule has 1 N–H and O–H groups in total. The van der Waals surface area contributed by atoms with Gasteiger partial charge in [0, 0.05) is 19.3 Å². The fourth-order valence-electron chi connectivity index (χ4n) is 2.94. The molecule has 2 aromatic rings. The molecule has 0 bridgehead atoms. The summed E-state index contributed by atoms with van der Waals surface area (Å²) in [5.41, 5.74) is -0.703. The molecular weight excluding hydrogens is 395 g/mol. The number of halogens is 4. The first-order valence-electron chi connectivity index (χ1n) is 8.85. The van der Waals surface area contributed by atoms with Gasteiger partial charge in [-0.1, -0.05) is 11.6 Å². The molecule has 0 radical (unpaired) electrons. The first-order chi connectivity index (χ1) is 13.3. The van der Waals surface area contributed by atoms with Crippen LogP contribution in [0.4, 0.5) is 13.2 Å². The van der Waals surface area contributed by atoms with E-state index in [2.05, 4.69) is 15.2 Å². The van der Waals surface area contributed by atoms with Crippen molar-refractivity contribution in [3.05, 3.63) is 52.7 Å². The summed E-state index contributed by atoms with van der Waals surface area (Å²) in [6.07, 6.45) is -0.743. The van der Waals surface area contributed by atoms with Crippen LogP contribution in [-0.2, 0) is 6.18 Å². The lowest BCUT2D eigenvalue weighted by Gasteiger charge is -2.15. The van der Waals surface area contributed by atoms with Crippen LogP contribution in [0.25, 0.3) is 0 Å². The monoisotopic (exact) mass is 413 g/mol. The Morgan fingerprint density at radius 1 is 1.25 bits per heavy atom. The number of aromatic nitrogens is 1. The van der Waals surface area contributed by atoms with Crippen LogP contribution in [0.5, 0.6) is 11.6 Å². The third kappa shape index (κ3) is 5.14. The lowest BCUT2D eigenvalue weighted by atomic mass is 10.2. The zero-order valence-corrected chi connectivity index (χ0v) is 15.7. The molecule has 5 nitrogen and oxygen atoms in total. The lowest BCUT2D eigenvalue weighted by Crippen LogP contribution is -2.33. The van der Waals surface area contributed by atoms with E-state index in [1.165, 1.54) is 25.1 Å². The third-order valence-electron chi connectivity index (χ3n) is 4.39. The summed E-state index contributed by atoms with van der Waals surface area (Å²) in [6, 6.07) is 5.85. The van der Waals surface area contributed by atoms with E-state index in [1.807, 2.05) is 0 Å². The van der Waals surface area contributed by atoms with Crippen LogP contribution in [0.1, 0.15) is 28.8 Å². The zero-order chi connectivity index (χ0) is 20.1. The van der Waals surface area contributed by atoms with E-state index in [0.717, 1.165) is 37.8 Å². The topological polar surface area (TPSA) is 54.5 Å². The Kier molecular flexibility index (Phi) is 6.41. The van der Waals surface area contributed by atoms with Crippen LogP contribution in [0.15, 0.2) is 36.5 Å². The molecule has 150 valence electrons. The summed E-state index contributed by atoms with van der Waals surface area (Å²) in [6.45, 7) is 3.30. The lowest BCUT2D eigenvalue weighted by molar-refractivity contribution is -0.137. The van der Waals surface area contributed by atoms with Gasteiger partial charge in [-0.2, -0.15) is 13.2 Å². The minimum Gasteiger partial charge on any atom is -0.437 e. The molecule has 1 saturated heterocycles. The van der Waals surface area contributed by atoms with Crippen LogP contribution in [0, 0.1) is 0 Å². The van der Waals surface area contributed by atoms with Gasteiger partial charge in [0.2, 0.25) is 5.88 Å². The van der Waals surface area contributed by atoms with Crippen molar-refractivity contribution in [2.45, 2.75) is 19.0 Å². The summed E-state index contributed by atoms with van der Waals surface area (Å²) < 4.78 is 43.8. The van der Waals surface area contributed by atoms with Crippen molar-refractivity contribution in [2.75, 3.05) is 26.2 Å². The van der Waals surface area contributed by atoms with Gasteiger partial charge in [-0.05, 0) is 56.3 Å². The Balaban J connectivity index is 1.69. The second-order valence-corrected chi connectivity index (χ2v) is 6.81. The molecule has 0 saturated carbocycles. The minimum atomic E-state index is -4.51. The molecule has 0 atom stereocenters. The van der Waals surface area contributed by atoms with Crippen molar-refractivity contribution in [1.29, 1.82) is 0 Å². The number of nitrogens with one attached hydrogen (secondary N) is 1. The van der Waals surface area contributed by atoms with Crippen molar-refractivity contribution in [2.24, 2.45) is 0 Å². The van der Waals surface area contributed by atoms with Gasteiger partial charge in [-0.25, -0.2) is 4.98 Å². The van der Waals surface area contributed by atoms with Crippen LogP contribution < -0.4 is 10.1 Å². The van der Waals surface area contributed by atoms with Gasteiger partial charge in [0.15, 0.2) is 0 Å². The maximum Gasteiger partial charge on any atom is 0.416 e. The number of rotatable bonds is 6. The smallest absolute Gasteiger partial charge is 0.416 e. The number of carbonyl (C=O) groups is 1. The molecule has 1 fully saturated rings. The highest BCUT2D eigenvalue weighted by Gasteiger charge is 2.31. The summed E-state index contributed by atoms with van der Waals surface area (Å²) in [5, 5.41) is 2.59. The Hall–Kier alpha value is -2.32. The van der Waals surface area contributed by atoms with Crippen molar-refractivity contribution in [3.8, 4) is 11.6 Å². The van der Waals surface area contributed by atoms with E-state index >= 15 is 0 Å². The molecular formula is C19H19ClF3N3O2. The number of hydrogen-bond acceptors (Lipinski definition) is 4. The average molecular weight is 414 g/mol. The molecule has 0 spiro atoms. The maximum absolute atomic E-state index is 12.8. The van der Waals surface area contributed by atoms with Crippen molar-refractivity contribution < 1.29 is 22.7 Å². The predicted octanol–water partition coefficient (Wildman–Crippen LogP) is 4.37. The molecule has 3 rings (SSSR count). The number of amides is 1. The van der Waals surface area contributed by atoms with Gasteiger partial charge >= 0.3 is 6.18 Å². The number of nitrogens with zero attached hydrogens (tertiary/aromatic N) is 2. The largest absolute Gasteiger partial charge is 0.437 e. The first kappa shape index (κ1) is 20.4. The van der Waals surface area contributed by atoms with Crippen molar-refractivity contribution >= 4 is 17.5 Å². The van der Waals surface area contributed by atoms with Gasteiger partial charge in [0.25, 0.3) is 5.91 Å². The molecule has 2 heterocycles. The fourth-order valence-corrected chi connectivity index (χ4v) is 3.16. The summed E-state index contributed by atoms with van der Waals surface area (Å²) in [4.78, 5) is 18.8. The molecule has 28 heavy (non-hydrogen) atoms. The van der Waals surface area contributed by atoms with Crippen LogP contribution in [-0.4, -0.2) is 42.0 Å². The Morgan fingerprint density at radius 2 is 2.00 bits per heavy atom. The van der Waals surface area contributed by atoms with Crippen molar-refractivity contribution in [1.82, 2.24) is 15.2 Å². The molecule has 9 heteroatoms. The summed E-state index contributed by atoms with van der Waals surface area (Å²) in [5.74, 6) is -0.410. The molecule has 1 aliphatic heterocycles.